The Morgan fingerprint density at radius 3 is 2.77 bits per heavy atom. The molecule has 1 saturated heterocycles. The van der Waals surface area contributed by atoms with E-state index in [1.165, 1.54) is 0 Å². The predicted octanol–water partition coefficient (Wildman–Crippen LogP) is 1.78. The van der Waals surface area contributed by atoms with Crippen molar-refractivity contribution in [2.24, 2.45) is 11.8 Å². The molecule has 0 spiro atoms. The van der Waals surface area contributed by atoms with Crippen molar-refractivity contribution >= 4 is 12.1 Å². The number of carboxylic acid groups (broad SMARTS) is 1. The molecule has 2 rings (SSSR count). The van der Waals surface area contributed by atoms with Crippen LogP contribution in [-0.4, -0.2) is 42.5 Å². The number of hydrogen-bond donors (Lipinski definition) is 2. The fraction of sp³-hybridized carbons (Fsp3) is 0.750. The number of ether oxygens (including phenoxy) is 2. The molecule has 0 aromatic rings. The van der Waals surface area contributed by atoms with Gasteiger partial charge in [-0.3, -0.25) is 0 Å². The smallest absolute Gasteiger partial charge is 0.408 e. The lowest BCUT2D eigenvalue weighted by Gasteiger charge is -2.27. The standard InChI is InChI=1S/C16H23NO5/c1-2-3-4-5-12-10-13(12)22-16(20)17-14(15(18)19)11-6-8-21-9-7-11/h1,11-14H,3-10H2,(H,17,20)(H,18,19)/t12-,13-,14+/m1/s1. The molecule has 0 bridgehead atoms. The van der Waals surface area contributed by atoms with E-state index >= 15 is 0 Å². The van der Waals surface area contributed by atoms with E-state index in [1.54, 1.807) is 0 Å². The van der Waals surface area contributed by atoms with Crippen molar-refractivity contribution in [1.82, 2.24) is 5.32 Å². The average molecular weight is 309 g/mol. The van der Waals surface area contributed by atoms with E-state index in [0.29, 0.717) is 32.0 Å². The molecule has 1 saturated carbocycles. The van der Waals surface area contributed by atoms with Crippen LogP contribution in [0.4, 0.5) is 4.79 Å². The topological polar surface area (TPSA) is 84.9 Å². The number of amides is 1. The Morgan fingerprint density at radius 2 is 2.14 bits per heavy atom. The SMILES string of the molecule is C#CCCC[C@@H]1C[C@H]1OC(=O)N[C@H](C(=O)O)C1CCOCC1. The van der Waals surface area contributed by atoms with Crippen LogP contribution in [0.5, 0.6) is 0 Å². The molecule has 0 aromatic carbocycles. The van der Waals surface area contributed by atoms with Crippen molar-refractivity contribution in [2.75, 3.05) is 13.2 Å². The third-order valence-corrected chi connectivity index (χ3v) is 4.29. The summed E-state index contributed by atoms with van der Waals surface area (Å²) in [6, 6.07) is -0.907. The maximum absolute atomic E-state index is 11.9. The van der Waals surface area contributed by atoms with Crippen molar-refractivity contribution in [3.8, 4) is 12.3 Å². The van der Waals surface area contributed by atoms with E-state index in [1.807, 2.05) is 0 Å². The molecular formula is C16H23NO5. The van der Waals surface area contributed by atoms with E-state index < -0.39 is 18.1 Å². The summed E-state index contributed by atoms with van der Waals surface area (Å²) in [5.74, 6) is 1.82. The van der Waals surface area contributed by atoms with Crippen LogP contribution >= 0.6 is 0 Å². The molecule has 0 radical (unpaired) electrons. The maximum Gasteiger partial charge on any atom is 0.408 e. The van der Waals surface area contributed by atoms with Gasteiger partial charge in [0.05, 0.1) is 0 Å². The number of carbonyl (C=O) groups is 2. The Morgan fingerprint density at radius 1 is 1.41 bits per heavy atom. The fourth-order valence-electron chi connectivity index (χ4n) is 2.86. The van der Waals surface area contributed by atoms with Gasteiger partial charge < -0.3 is 19.9 Å². The number of unbranched alkanes of at least 4 members (excludes halogenated alkanes) is 1. The molecule has 1 heterocycles. The predicted molar refractivity (Wildman–Crippen MR) is 79.2 cm³/mol. The Kier molecular flexibility index (Phi) is 6.08. The third-order valence-electron chi connectivity index (χ3n) is 4.29. The molecule has 1 aliphatic carbocycles. The molecule has 3 atom stereocenters. The summed E-state index contributed by atoms with van der Waals surface area (Å²) < 4.78 is 10.5. The Bertz CT molecular complexity index is 438. The van der Waals surface area contributed by atoms with Gasteiger partial charge in [0.15, 0.2) is 0 Å². The zero-order valence-corrected chi connectivity index (χ0v) is 12.6. The first kappa shape index (κ1) is 16.6. The molecular weight excluding hydrogens is 286 g/mol. The van der Waals surface area contributed by atoms with Crippen LogP contribution in [0.3, 0.4) is 0 Å². The van der Waals surface area contributed by atoms with Crippen molar-refractivity contribution in [3.63, 3.8) is 0 Å². The maximum atomic E-state index is 11.9. The van der Waals surface area contributed by atoms with Gasteiger partial charge >= 0.3 is 12.1 Å². The molecule has 2 fully saturated rings. The second kappa shape index (κ2) is 8.04. The number of carbonyl (C=O) groups excluding carboxylic acids is 1. The second-order valence-electron chi connectivity index (χ2n) is 5.95. The van der Waals surface area contributed by atoms with Gasteiger partial charge in [-0.2, -0.15) is 0 Å². The van der Waals surface area contributed by atoms with Crippen LogP contribution in [0.1, 0.15) is 38.5 Å². The summed E-state index contributed by atoms with van der Waals surface area (Å²) in [5, 5.41) is 11.8. The number of nitrogens with one attached hydrogen (secondary N) is 1. The van der Waals surface area contributed by atoms with Crippen LogP contribution in [0.2, 0.25) is 0 Å². The van der Waals surface area contributed by atoms with Gasteiger partial charge in [0, 0.05) is 19.6 Å². The lowest BCUT2D eigenvalue weighted by Crippen LogP contribution is -2.47. The number of carboxylic acids is 1. The highest BCUT2D eigenvalue weighted by Crippen LogP contribution is 2.38. The van der Waals surface area contributed by atoms with E-state index in [9.17, 15) is 14.7 Å². The van der Waals surface area contributed by atoms with E-state index in [0.717, 1.165) is 25.7 Å². The van der Waals surface area contributed by atoms with E-state index in [-0.39, 0.29) is 12.0 Å². The third kappa shape index (κ3) is 4.92. The molecule has 1 aliphatic heterocycles. The van der Waals surface area contributed by atoms with Crippen molar-refractivity contribution in [1.29, 1.82) is 0 Å². The van der Waals surface area contributed by atoms with Gasteiger partial charge in [-0.25, -0.2) is 9.59 Å². The van der Waals surface area contributed by atoms with Gasteiger partial charge in [-0.05, 0) is 43.9 Å². The van der Waals surface area contributed by atoms with Crippen LogP contribution < -0.4 is 5.32 Å². The van der Waals surface area contributed by atoms with Crippen LogP contribution in [0, 0.1) is 24.2 Å². The second-order valence-corrected chi connectivity index (χ2v) is 5.95. The van der Waals surface area contributed by atoms with Gasteiger partial charge in [0.25, 0.3) is 0 Å². The van der Waals surface area contributed by atoms with E-state index in [4.69, 9.17) is 15.9 Å². The molecule has 1 amide bonds. The van der Waals surface area contributed by atoms with Crippen LogP contribution in [0.15, 0.2) is 0 Å². The van der Waals surface area contributed by atoms with Crippen molar-refractivity contribution < 1.29 is 24.2 Å². The molecule has 0 unspecified atom stereocenters. The summed E-state index contributed by atoms with van der Waals surface area (Å²) in [5.41, 5.74) is 0. The van der Waals surface area contributed by atoms with Crippen molar-refractivity contribution in [3.05, 3.63) is 0 Å². The van der Waals surface area contributed by atoms with Crippen LogP contribution in [0.25, 0.3) is 0 Å². The zero-order valence-electron chi connectivity index (χ0n) is 12.6. The fourth-order valence-corrected chi connectivity index (χ4v) is 2.86. The number of alkyl carbamates (subject to hydrolysis) is 1. The molecule has 2 aliphatic rings. The lowest BCUT2D eigenvalue weighted by molar-refractivity contribution is -0.141. The summed E-state index contributed by atoms with van der Waals surface area (Å²) in [7, 11) is 0. The Balaban J connectivity index is 1.73. The van der Waals surface area contributed by atoms with Gasteiger partial charge in [-0.1, -0.05) is 0 Å². The monoisotopic (exact) mass is 309 g/mol. The van der Waals surface area contributed by atoms with Crippen LogP contribution in [-0.2, 0) is 14.3 Å². The van der Waals surface area contributed by atoms with Gasteiger partial charge in [0.2, 0.25) is 0 Å². The van der Waals surface area contributed by atoms with Crippen molar-refractivity contribution in [2.45, 2.75) is 50.7 Å². The molecule has 2 N–H and O–H groups in total. The Hall–Kier alpha value is -1.74. The molecule has 22 heavy (non-hydrogen) atoms. The summed E-state index contributed by atoms with van der Waals surface area (Å²) >= 11 is 0. The van der Waals surface area contributed by atoms with E-state index in [2.05, 4.69) is 11.2 Å². The molecule has 6 heteroatoms. The first-order valence-corrected chi connectivity index (χ1v) is 7.83. The number of aliphatic carboxylic acids is 1. The number of terminal acetylenes is 1. The molecule has 122 valence electrons. The highest BCUT2D eigenvalue weighted by atomic mass is 16.6. The van der Waals surface area contributed by atoms with Gasteiger partial charge in [-0.15, -0.1) is 12.3 Å². The average Bonchev–Trinajstić information content (AvgIpc) is 3.23. The first-order chi connectivity index (χ1) is 10.6. The normalized spacial score (nSPS) is 25.8. The summed E-state index contributed by atoms with van der Waals surface area (Å²) in [6.07, 6.45) is 9.19. The largest absolute Gasteiger partial charge is 0.480 e. The summed E-state index contributed by atoms with van der Waals surface area (Å²) in [6.45, 7) is 1.07. The highest BCUT2D eigenvalue weighted by molar-refractivity contribution is 5.80. The minimum Gasteiger partial charge on any atom is -0.480 e. The quantitative estimate of drug-likeness (QED) is 0.553. The molecule has 6 nitrogen and oxygen atoms in total. The highest BCUT2D eigenvalue weighted by Gasteiger charge is 2.41. The first-order valence-electron chi connectivity index (χ1n) is 7.83. The summed E-state index contributed by atoms with van der Waals surface area (Å²) in [4.78, 5) is 23.2. The van der Waals surface area contributed by atoms with Gasteiger partial charge in [0.1, 0.15) is 12.1 Å². The Labute approximate surface area is 130 Å². The minimum atomic E-state index is -1.02. The molecule has 0 aromatic heterocycles. The number of rotatable bonds is 7. The lowest BCUT2D eigenvalue weighted by atomic mass is 9.92. The number of hydrogen-bond acceptors (Lipinski definition) is 4. The zero-order chi connectivity index (χ0) is 15.9. The minimum absolute atomic E-state index is 0.0955.